The quantitative estimate of drug-likeness (QED) is 0.391. The number of hydrogen-bond donors (Lipinski definition) is 1. The van der Waals surface area contributed by atoms with Crippen LogP contribution in [0.25, 0.3) is 6.08 Å². The van der Waals surface area contributed by atoms with Crippen molar-refractivity contribution >= 4 is 69.2 Å². The van der Waals surface area contributed by atoms with Crippen molar-refractivity contribution in [2.24, 2.45) is 0 Å². The molecule has 150 valence electrons. The molecule has 29 heavy (non-hydrogen) atoms. The van der Waals surface area contributed by atoms with Gasteiger partial charge in [0.2, 0.25) is 5.91 Å². The Labute approximate surface area is 181 Å². The van der Waals surface area contributed by atoms with Crippen LogP contribution in [0.5, 0.6) is 0 Å². The van der Waals surface area contributed by atoms with Crippen LogP contribution in [0.4, 0.5) is 5.69 Å². The fourth-order valence-corrected chi connectivity index (χ4v) is 4.57. The van der Waals surface area contributed by atoms with Crippen molar-refractivity contribution in [3.05, 3.63) is 57.1 Å². The Hall–Kier alpha value is -2.49. The number of thioether (sulfide) groups is 1. The molecule has 0 saturated carbocycles. The van der Waals surface area contributed by atoms with Gasteiger partial charge < -0.3 is 10.1 Å². The molecule has 0 radical (unpaired) electrons. The van der Waals surface area contributed by atoms with Gasteiger partial charge in [-0.2, -0.15) is 0 Å². The van der Waals surface area contributed by atoms with Gasteiger partial charge in [-0.1, -0.05) is 30.0 Å². The maximum absolute atomic E-state index is 12.5. The molecule has 1 N–H and O–H groups in total. The van der Waals surface area contributed by atoms with E-state index in [9.17, 15) is 14.4 Å². The number of nitrogens with zero attached hydrogens (tertiary/aromatic N) is 1. The van der Waals surface area contributed by atoms with Crippen LogP contribution in [-0.4, -0.2) is 40.2 Å². The number of amides is 2. The Kier molecular flexibility index (Phi) is 7.18. The normalized spacial score (nSPS) is 15.1. The molecular weight excluding hydrogens is 428 g/mol. The number of carbonyl (C=O) groups is 3. The molecule has 0 bridgehead atoms. The van der Waals surface area contributed by atoms with Crippen molar-refractivity contribution in [1.82, 2.24) is 4.90 Å². The Morgan fingerprint density at radius 2 is 2.00 bits per heavy atom. The zero-order valence-electron chi connectivity index (χ0n) is 15.5. The highest BCUT2D eigenvalue weighted by Crippen LogP contribution is 2.33. The van der Waals surface area contributed by atoms with E-state index in [0.717, 1.165) is 4.88 Å². The van der Waals surface area contributed by atoms with Gasteiger partial charge in [0, 0.05) is 23.5 Å². The fourth-order valence-electron chi connectivity index (χ4n) is 2.54. The number of thiophene rings is 1. The van der Waals surface area contributed by atoms with Gasteiger partial charge in [0.15, 0.2) is 0 Å². The summed E-state index contributed by atoms with van der Waals surface area (Å²) in [6, 6.07) is 10.3. The SMILES string of the molecule is CCOC(=O)c1ccc(NC(=O)CCN2C(=O)/C(=C/c3cccs3)SC2=S)cc1. The maximum atomic E-state index is 12.5. The lowest BCUT2D eigenvalue weighted by molar-refractivity contribution is -0.122. The summed E-state index contributed by atoms with van der Waals surface area (Å²) >= 11 is 8.07. The number of anilines is 1. The van der Waals surface area contributed by atoms with E-state index in [2.05, 4.69) is 5.32 Å². The molecule has 1 saturated heterocycles. The third-order valence-electron chi connectivity index (χ3n) is 3.93. The molecular formula is C20H18N2O4S3. The Balaban J connectivity index is 1.53. The number of ether oxygens (including phenoxy) is 1. The van der Waals surface area contributed by atoms with Crippen molar-refractivity contribution < 1.29 is 19.1 Å². The Bertz CT molecular complexity index is 953. The van der Waals surface area contributed by atoms with E-state index in [1.54, 1.807) is 42.5 Å². The first-order valence-electron chi connectivity index (χ1n) is 8.84. The highest BCUT2D eigenvalue weighted by atomic mass is 32.2. The van der Waals surface area contributed by atoms with Crippen LogP contribution in [0.2, 0.25) is 0 Å². The van der Waals surface area contributed by atoms with E-state index in [0.29, 0.717) is 27.1 Å². The Morgan fingerprint density at radius 1 is 1.24 bits per heavy atom. The number of benzene rings is 1. The van der Waals surface area contributed by atoms with Gasteiger partial charge in [-0.3, -0.25) is 14.5 Å². The lowest BCUT2D eigenvalue weighted by atomic mass is 10.2. The summed E-state index contributed by atoms with van der Waals surface area (Å²) in [6.07, 6.45) is 1.92. The number of nitrogens with one attached hydrogen (secondary N) is 1. The van der Waals surface area contributed by atoms with E-state index in [1.807, 2.05) is 23.6 Å². The zero-order valence-corrected chi connectivity index (χ0v) is 18.0. The summed E-state index contributed by atoms with van der Waals surface area (Å²) in [4.78, 5) is 39.4. The molecule has 6 nitrogen and oxygen atoms in total. The molecule has 0 atom stereocenters. The number of carbonyl (C=O) groups excluding carboxylic acids is 3. The molecule has 1 aliphatic heterocycles. The topological polar surface area (TPSA) is 75.7 Å². The molecule has 0 spiro atoms. The lowest BCUT2D eigenvalue weighted by Gasteiger charge is -2.14. The molecule has 0 aliphatic carbocycles. The first-order chi connectivity index (χ1) is 14.0. The number of rotatable bonds is 7. The molecule has 2 amide bonds. The summed E-state index contributed by atoms with van der Waals surface area (Å²) < 4.78 is 5.37. The van der Waals surface area contributed by atoms with Crippen molar-refractivity contribution in [3.8, 4) is 0 Å². The number of esters is 1. The molecule has 2 heterocycles. The van der Waals surface area contributed by atoms with Gasteiger partial charge in [0.05, 0.1) is 17.1 Å². The van der Waals surface area contributed by atoms with Gasteiger partial charge in [0.1, 0.15) is 4.32 Å². The molecule has 0 unspecified atom stereocenters. The van der Waals surface area contributed by atoms with E-state index < -0.39 is 5.97 Å². The molecule has 1 fully saturated rings. The monoisotopic (exact) mass is 446 g/mol. The number of thiocarbonyl (C=S) groups is 1. The summed E-state index contributed by atoms with van der Waals surface area (Å²) in [7, 11) is 0. The van der Waals surface area contributed by atoms with E-state index in [1.165, 1.54) is 16.7 Å². The average Bonchev–Trinajstić information content (AvgIpc) is 3.30. The number of hydrogen-bond acceptors (Lipinski definition) is 7. The van der Waals surface area contributed by atoms with Crippen molar-refractivity contribution in [2.75, 3.05) is 18.5 Å². The zero-order chi connectivity index (χ0) is 20.8. The van der Waals surface area contributed by atoms with Crippen LogP contribution < -0.4 is 5.32 Å². The summed E-state index contributed by atoms with van der Waals surface area (Å²) in [5.74, 6) is -0.833. The van der Waals surface area contributed by atoms with Crippen LogP contribution in [0.15, 0.2) is 46.7 Å². The van der Waals surface area contributed by atoms with Crippen LogP contribution in [-0.2, 0) is 14.3 Å². The molecule has 3 rings (SSSR count). The highest BCUT2D eigenvalue weighted by Gasteiger charge is 2.32. The standard InChI is InChI=1S/C20H18N2O4S3/c1-2-26-19(25)13-5-7-14(8-6-13)21-17(23)9-10-22-18(24)16(29-20(22)27)12-15-4-3-11-28-15/h3-8,11-12H,2,9-10H2,1H3,(H,21,23)/b16-12-. The summed E-state index contributed by atoms with van der Waals surface area (Å²) in [5.41, 5.74) is 0.978. The van der Waals surface area contributed by atoms with Crippen LogP contribution >= 0.6 is 35.3 Å². The molecule has 1 aromatic heterocycles. The van der Waals surface area contributed by atoms with Crippen molar-refractivity contribution in [2.45, 2.75) is 13.3 Å². The van der Waals surface area contributed by atoms with Crippen LogP contribution in [0, 0.1) is 0 Å². The van der Waals surface area contributed by atoms with E-state index in [4.69, 9.17) is 17.0 Å². The highest BCUT2D eigenvalue weighted by molar-refractivity contribution is 8.26. The third-order valence-corrected chi connectivity index (χ3v) is 6.13. The minimum Gasteiger partial charge on any atom is -0.462 e. The minimum atomic E-state index is -0.407. The molecule has 1 aliphatic rings. The van der Waals surface area contributed by atoms with Gasteiger partial charge in [-0.25, -0.2) is 4.79 Å². The largest absolute Gasteiger partial charge is 0.462 e. The van der Waals surface area contributed by atoms with Crippen LogP contribution in [0.1, 0.15) is 28.6 Å². The molecule has 2 aromatic rings. The van der Waals surface area contributed by atoms with Crippen molar-refractivity contribution in [3.63, 3.8) is 0 Å². The average molecular weight is 447 g/mol. The van der Waals surface area contributed by atoms with Gasteiger partial charge in [-0.05, 0) is 48.7 Å². The van der Waals surface area contributed by atoms with Gasteiger partial charge in [0.25, 0.3) is 5.91 Å². The van der Waals surface area contributed by atoms with Crippen molar-refractivity contribution in [1.29, 1.82) is 0 Å². The third kappa shape index (κ3) is 5.53. The lowest BCUT2D eigenvalue weighted by Crippen LogP contribution is -2.31. The second-order valence-corrected chi connectivity index (χ2v) is 8.60. The predicted octanol–water partition coefficient (Wildman–Crippen LogP) is 4.15. The predicted molar refractivity (Wildman–Crippen MR) is 120 cm³/mol. The smallest absolute Gasteiger partial charge is 0.338 e. The molecule has 1 aromatic carbocycles. The van der Waals surface area contributed by atoms with E-state index >= 15 is 0 Å². The summed E-state index contributed by atoms with van der Waals surface area (Å²) in [6.45, 7) is 2.25. The minimum absolute atomic E-state index is 0.109. The second-order valence-electron chi connectivity index (χ2n) is 5.94. The van der Waals surface area contributed by atoms with Crippen LogP contribution in [0.3, 0.4) is 0 Å². The first kappa shape index (κ1) is 21.2. The first-order valence-corrected chi connectivity index (χ1v) is 10.9. The second kappa shape index (κ2) is 9.82. The maximum Gasteiger partial charge on any atom is 0.338 e. The van der Waals surface area contributed by atoms with Gasteiger partial charge in [-0.15, -0.1) is 11.3 Å². The Morgan fingerprint density at radius 3 is 2.66 bits per heavy atom. The van der Waals surface area contributed by atoms with E-state index in [-0.39, 0.29) is 24.8 Å². The molecule has 9 heteroatoms. The fraction of sp³-hybridized carbons (Fsp3) is 0.200. The van der Waals surface area contributed by atoms with Gasteiger partial charge >= 0.3 is 5.97 Å². The summed E-state index contributed by atoms with van der Waals surface area (Å²) in [5, 5.41) is 4.69.